The number of hydrogen-bond acceptors (Lipinski definition) is 2. The second-order valence-corrected chi connectivity index (χ2v) is 2.71. The molecule has 0 aliphatic carbocycles. The summed E-state index contributed by atoms with van der Waals surface area (Å²) in [5.74, 6) is -0.0107. The summed E-state index contributed by atoms with van der Waals surface area (Å²) < 4.78 is 0. The molecule has 0 aliphatic heterocycles. The van der Waals surface area contributed by atoms with Crippen LogP contribution in [0.4, 0.5) is 5.69 Å². The molecule has 1 aromatic carbocycles. The van der Waals surface area contributed by atoms with Gasteiger partial charge in [-0.05, 0) is 12.1 Å². The first-order valence-corrected chi connectivity index (χ1v) is 3.66. The minimum atomic E-state index is -0.0107. The van der Waals surface area contributed by atoms with Gasteiger partial charge in [0.1, 0.15) is 0 Å². The van der Waals surface area contributed by atoms with Gasteiger partial charge < -0.3 is 10.0 Å². The molecule has 0 atom stereocenters. The molecule has 0 saturated carbocycles. The van der Waals surface area contributed by atoms with Crippen molar-refractivity contribution in [2.24, 2.45) is 4.99 Å². The van der Waals surface area contributed by atoms with E-state index in [2.05, 4.69) is 4.99 Å². The van der Waals surface area contributed by atoms with Gasteiger partial charge in [-0.3, -0.25) is 0 Å². The van der Waals surface area contributed by atoms with Crippen molar-refractivity contribution in [1.29, 1.82) is 0 Å². The van der Waals surface area contributed by atoms with E-state index in [9.17, 15) is 5.11 Å². The fourth-order valence-electron chi connectivity index (χ4n) is 0.746. The zero-order valence-electron chi connectivity index (χ0n) is 7.19. The van der Waals surface area contributed by atoms with Gasteiger partial charge in [-0.15, -0.1) is 5.75 Å². The molecule has 1 rings (SSSR count). The van der Waals surface area contributed by atoms with Crippen LogP contribution >= 0.6 is 0 Å². The number of rotatable bonds is 2. The number of benzene rings is 1. The van der Waals surface area contributed by atoms with Crippen LogP contribution in [0.25, 0.3) is 0 Å². The molecule has 0 aliphatic rings. The first kappa shape index (κ1) is 8.59. The highest BCUT2D eigenvalue weighted by Gasteiger charge is 1.84. The largest absolute Gasteiger partial charge is 0.872 e. The number of nitrogens with zero attached hydrogens (tertiary/aromatic N) is 2. The van der Waals surface area contributed by atoms with Crippen LogP contribution in [0.3, 0.4) is 0 Å². The fraction of sp³-hybridized carbons (Fsp3) is 0.222. The summed E-state index contributed by atoms with van der Waals surface area (Å²) in [5, 5.41) is 10.8. The van der Waals surface area contributed by atoms with Gasteiger partial charge >= 0.3 is 0 Å². The van der Waals surface area contributed by atoms with Crippen LogP contribution in [0.2, 0.25) is 0 Å². The zero-order chi connectivity index (χ0) is 8.97. The molecule has 64 valence electrons. The van der Waals surface area contributed by atoms with E-state index in [-0.39, 0.29) is 5.75 Å². The lowest BCUT2D eigenvalue weighted by Crippen LogP contribution is -2.06. The van der Waals surface area contributed by atoms with Gasteiger partial charge in [0, 0.05) is 14.1 Å². The van der Waals surface area contributed by atoms with Crippen molar-refractivity contribution in [3.8, 4) is 5.75 Å². The number of hydrogen-bond donors (Lipinski definition) is 0. The minimum Gasteiger partial charge on any atom is -0.872 e. The lowest BCUT2D eigenvalue weighted by Gasteiger charge is -2.05. The zero-order valence-corrected chi connectivity index (χ0v) is 7.19. The maximum absolute atomic E-state index is 10.8. The van der Waals surface area contributed by atoms with Crippen molar-refractivity contribution in [1.82, 2.24) is 4.90 Å². The minimum absolute atomic E-state index is 0.0107. The van der Waals surface area contributed by atoms with E-state index in [1.807, 2.05) is 19.0 Å². The number of aliphatic imine (C=N–C) groups is 1. The standard InChI is InChI=1S/C9H12N2O/c1-11(2)7-10-8-4-3-5-9(12)6-8/h3-7,12H,1-2H3/p-1. The topological polar surface area (TPSA) is 38.7 Å². The van der Waals surface area contributed by atoms with Gasteiger partial charge in [0.2, 0.25) is 0 Å². The van der Waals surface area contributed by atoms with Crippen LogP contribution in [-0.4, -0.2) is 25.3 Å². The van der Waals surface area contributed by atoms with Crippen molar-refractivity contribution in [3.05, 3.63) is 24.3 Å². The SMILES string of the molecule is CN(C)C=Nc1cccc([O-])c1. The monoisotopic (exact) mass is 163 g/mol. The Morgan fingerprint density at radius 2 is 2.17 bits per heavy atom. The van der Waals surface area contributed by atoms with Crippen molar-refractivity contribution >= 4 is 12.0 Å². The van der Waals surface area contributed by atoms with Crippen molar-refractivity contribution < 1.29 is 5.11 Å². The molecule has 0 unspecified atom stereocenters. The molecular formula is C9H11N2O-. The molecule has 0 fully saturated rings. The molecule has 0 spiro atoms. The molecule has 0 amide bonds. The van der Waals surface area contributed by atoms with Crippen LogP contribution < -0.4 is 5.11 Å². The second-order valence-electron chi connectivity index (χ2n) is 2.71. The van der Waals surface area contributed by atoms with E-state index in [1.165, 1.54) is 12.1 Å². The Labute approximate surface area is 72.0 Å². The summed E-state index contributed by atoms with van der Waals surface area (Å²) in [7, 11) is 3.76. The quantitative estimate of drug-likeness (QED) is 0.481. The van der Waals surface area contributed by atoms with E-state index in [0.29, 0.717) is 5.69 Å². The highest BCUT2D eigenvalue weighted by Crippen LogP contribution is 2.15. The highest BCUT2D eigenvalue weighted by molar-refractivity contribution is 5.61. The Morgan fingerprint density at radius 1 is 1.42 bits per heavy atom. The molecule has 0 radical (unpaired) electrons. The lowest BCUT2D eigenvalue weighted by atomic mass is 10.3. The van der Waals surface area contributed by atoms with E-state index >= 15 is 0 Å². The average molecular weight is 163 g/mol. The molecule has 3 heteroatoms. The normalized spacial score (nSPS) is 10.5. The van der Waals surface area contributed by atoms with Crippen LogP contribution in [0.5, 0.6) is 5.75 Å². The average Bonchev–Trinajstić information content (AvgIpc) is 2.01. The van der Waals surface area contributed by atoms with Gasteiger partial charge in [-0.25, -0.2) is 4.99 Å². The maximum atomic E-state index is 10.8. The first-order chi connectivity index (χ1) is 5.68. The summed E-state index contributed by atoms with van der Waals surface area (Å²) >= 11 is 0. The van der Waals surface area contributed by atoms with Crippen LogP contribution in [-0.2, 0) is 0 Å². The third-order valence-electron chi connectivity index (χ3n) is 1.26. The van der Waals surface area contributed by atoms with Crippen molar-refractivity contribution in [2.45, 2.75) is 0 Å². The molecule has 0 N–H and O–H groups in total. The van der Waals surface area contributed by atoms with E-state index in [4.69, 9.17) is 0 Å². The Morgan fingerprint density at radius 3 is 2.75 bits per heavy atom. The van der Waals surface area contributed by atoms with E-state index < -0.39 is 0 Å². The second kappa shape index (κ2) is 3.76. The molecule has 0 heterocycles. The molecule has 12 heavy (non-hydrogen) atoms. The lowest BCUT2D eigenvalue weighted by molar-refractivity contribution is -0.268. The predicted octanol–water partition coefficient (Wildman–Crippen LogP) is 0.982. The first-order valence-electron chi connectivity index (χ1n) is 3.66. The van der Waals surface area contributed by atoms with Gasteiger partial charge in [0.05, 0.1) is 12.0 Å². The third kappa shape index (κ3) is 2.62. The molecule has 0 saturated heterocycles. The van der Waals surface area contributed by atoms with Gasteiger partial charge in [0.15, 0.2) is 0 Å². The van der Waals surface area contributed by atoms with Crippen molar-refractivity contribution in [3.63, 3.8) is 0 Å². The highest BCUT2D eigenvalue weighted by atomic mass is 16.3. The van der Waals surface area contributed by atoms with E-state index in [0.717, 1.165) is 0 Å². The molecule has 0 aromatic heterocycles. The smallest absolute Gasteiger partial charge is 0.0907 e. The van der Waals surface area contributed by atoms with E-state index in [1.54, 1.807) is 18.5 Å². The Kier molecular flexibility index (Phi) is 2.69. The van der Waals surface area contributed by atoms with Crippen molar-refractivity contribution in [2.75, 3.05) is 14.1 Å². The summed E-state index contributed by atoms with van der Waals surface area (Å²) in [6.07, 6.45) is 1.66. The molecule has 3 nitrogen and oxygen atoms in total. The summed E-state index contributed by atoms with van der Waals surface area (Å²) in [5.41, 5.74) is 0.691. The Bertz CT molecular complexity index is 282. The summed E-state index contributed by atoms with van der Waals surface area (Å²) in [4.78, 5) is 5.88. The maximum Gasteiger partial charge on any atom is 0.0907 e. The summed E-state index contributed by atoms with van der Waals surface area (Å²) in [6.45, 7) is 0. The van der Waals surface area contributed by atoms with Gasteiger partial charge in [-0.2, -0.15) is 0 Å². The van der Waals surface area contributed by atoms with Gasteiger partial charge in [-0.1, -0.05) is 12.1 Å². The van der Waals surface area contributed by atoms with Gasteiger partial charge in [0.25, 0.3) is 0 Å². The van der Waals surface area contributed by atoms with Crippen LogP contribution in [0.15, 0.2) is 29.3 Å². The summed E-state index contributed by atoms with van der Waals surface area (Å²) in [6, 6.07) is 6.50. The Balaban J connectivity index is 2.76. The third-order valence-corrected chi connectivity index (χ3v) is 1.26. The molecular weight excluding hydrogens is 152 g/mol. The molecule has 0 bridgehead atoms. The molecule has 1 aromatic rings. The van der Waals surface area contributed by atoms with Crippen LogP contribution in [0, 0.1) is 0 Å². The fourth-order valence-corrected chi connectivity index (χ4v) is 0.746. The van der Waals surface area contributed by atoms with Crippen LogP contribution in [0.1, 0.15) is 0 Å². The predicted molar refractivity (Wildman–Crippen MR) is 47.7 cm³/mol. The Hall–Kier alpha value is -1.51.